The molecule has 88 valence electrons. The van der Waals surface area contributed by atoms with Crippen LogP contribution in [0.15, 0.2) is 43.0 Å². The van der Waals surface area contributed by atoms with Gasteiger partial charge in [-0.2, -0.15) is 0 Å². The Labute approximate surface area is 99.9 Å². The second kappa shape index (κ2) is 5.41. The first-order valence-corrected chi connectivity index (χ1v) is 5.47. The van der Waals surface area contributed by atoms with E-state index in [2.05, 4.69) is 9.97 Å². The molecule has 2 aromatic rings. The largest absolute Gasteiger partial charge is 0.492 e. The molecule has 0 saturated heterocycles. The fourth-order valence-electron chi connectivity index (χ4n) is 1.57. The van der Waals surface area contributed by atoms with Crippen LogP contribution >= 0.6 is 0 Å². The average molecular weight is 230 g/mol. The van der Waals surface area contributed by atoms with E-state index in [1.807, 2.05) is 6.92 Å². The van der Waals surface area contributed by atoms with Gasteiger partial charge in [-0.1, -0.05) is 0 Å². The van der Waals surface area contributed by atoms with Crippen molar-refractivity contribution in [3.05, 3.63) is 54.1 Å². The molecule has 0 amide bonds. The Balaban J connectivity index is 2.25. The monoisotopic (exact) mass is 230 g/mol. The SMILES string of the molecule is CCOc1cncc(C(O)c2ccncc2)c1. The summed E-state index contributed by atoms with van der Waals surface area (Å²) in [4.78, 5) is 7.97. The van der Waals surface area contributed by atoms with Gasteiger partial charge in [0.1, 0.15) is 11.9 Å². The van der Waals surface area contributed by atoms with E-state index < -0.39 is 6.10 Å². The lowest BCUT2D eigenvalue weighted by Gasteiger charge is -2.11. The summed E-state index contributed by atoms with van der Waals surface area (Å²) in [6.45, 7) is 2.49. The fraction of sp³-hybridized carbons (Fsp3) is 0.231. The first-order valence-electron chi connectivity index (χ1n) is 5.47. The van der Waals surface area contributed by atoms with Crippen molar-refractivity contribution in [1.29, 1.82) is 0 Å². The van der Waals surface area contributed by atoms with Gasteiger partial charge in [0, 0.05) is 24.2 Å². The molecular formula is C13H14N2O2. The summed E-state index contributed by atoms with van der Waals surface area (Å²) >= 11 is 0. The van der Waals surface area contributed by atoms with Gasteiger partial charge in [-0.3, -0.25) is 9.97 Å². The molecular weight excluding hydrogens is 216 g/mol. The predicted octanol–water partition coefficient (Wildman–Crippen LogP) is 1.96. The van der Waals surface area contributed by atoms with E-state index >= 15 is 0 Å². The summed E-state index contributed by atoms with van der Waals surface area (Å²) in [6, 6.07) is 5.34. The molecule has 0 bridgehead atoms. The molecule has 4 nitrogen and oxygen atoms in total. The van der Waals surface area contributed by atoms with E-state index in [1.165, 1.54) is 0 Å². The molecule has 0 aliphatic rings. The van der Waals surface area contributed by atoms with Crippen LogP contribution in [-0.2, 0) is 0 Å². The summed E-state index contributed by atoms with van der Waals surface area (Å²) < 4.78 is 5.35. The third-order valence-electron chi connectivity index (χ3n) is 2.38. The van der Waals surface area contributed by atoms with E-state index in [0.717, 1.165) is 5.56 Å². The van der Waals surface area contributed by atoms with E-state index in [-0.39, 0.29) is 0 Å². The van der Waals surface area contributed by atoms with Gasteiger partial charge in [-0.15, -0.1) is 0 Å². The zero-order valence-corrected chi connectivity index (χ0v) is 9.58. The lowest BCUT2D eigenvalue weighted by Crippen LogP contribution is -2.01. The number of pyridine rings is 2. The highest BCUT2D eigenvalue weighted by Gasteiger charge is 2.11. The number of hydrogen-bond donors (Lipinski definition) is 1. The number of nitrogens with zero attached hydrogens (tertiary/aromatic N) is 2. The number of ether oxygens (including phenoxy) is 1. The zero-order chi connectivity index (χ0) is 12.1. The standard InChI is InChI=1S/C13H14N2O2/c1-2-17-12-7-11(8-15-9-12)13(16)10-3-5-14-6-4-10/h3-9,13,16H,2H2,1H3. The summed E-state index contributed by atoms with van der Waals surface area (Å²) in [7, 11) is 0. The van der Waals surface area contributed by atoms with Crippen molar-refractivity contribution in [2.75, 3.05) is 6.61 Å². The van der Waals surface area contributed by atoms with Crippen molar-refractivity contribution in [3.63, 3.8) is 0 Å². The Hall–Kier alpha value is -1.94. The van der Waals surface area contributed by atoms with E-state index in [9.17, 15) is 5.11 Å². The Morgan fingerprint density at radius 1 is 1.18 bits per heavy atom. The fourth-order valence-corrected chi connectivity index (χ4v) is 1.57. The molecule has 1 unspecified atom stereocenters. The smallest absolute Gasteiger partial charge is 0.137 e. The Kier molecular flexibility index (Phi) is 3.67. The maximum Gasteiger partial charge on any atom is 0.137 e. The predicted molar refractivity (Wildman–Crippen MR) is 63.7 cm³/mol. The second-order valence-electron chi connectivity index (χ2n) is 3.57. The summed E-state index contributed by atoms with van der Waals surface area (Å²) in [5.74, 6) is 0.665. The van der Waals surface area contributed by atoms with E-state index in [1.54, 1.807) is 43.0 Å². The van der Waals surface area contributed by atoms with Gasteiger partial charge >= 0.3 is 0 Å². The van der Waals surface area contributed by atoms with Crippen molar-refractivity contribution >= 4 is 0 Å². The van der Waals surface area contributed by atoms with Crippen LogP contribution in [0, 0.1) is 0 Å². The molecule has 2 heterocycles. The highest BCUT2D eigenvalue weighted by molar-refractivity contribution is 5.31. The molecule has 17 heavy (non-hydrogen) atoms. The minimum atomic E-state index is -0.703. The summed E-state index contributed by atoms with van der Waals surface area (Å²) in [5, 5.41) is 10.2. The highest BCUT2D eigenvalue weighted by Crippen LogP contribution is 2.23. The number of aromatic nitrogens is 2. The molecule has 0 aliphatic carbocycles. The number of aliphatic hydroxyl groups excluding tert-OH is 1. The minimum absolute atomic E-state index is 0.580. The quantitative estimate of drug-likeness (QED) is 0.872. The van der Waals surface area contributed by atoms with Crippen LogP contribution in [0.1, 0.15) is 24.2 Å². The average Bonchev–Trinajstić information content (AvgIpc) is 2.40. The van der Waals surface area contributed by atoms with Gasteiger partial charge in [0.2, 0.25) is 0 Å². The van der Waals surface area contributed by atoms with Crippen molar-refractivity contribution in [1.82, 2.24) is 9.97 Å². The summed E-state index contributed by atoms with van der Waals surface area (Å²) in [5.41, 5.74) is 1.50. The van der Waals surface area contributed by atoms with Crippen LogP contribution in [0.25, 0.3) is 0 Å². The molecule has 0 radical (unpaired) electrons. The first-order chi connectivity index (χ1) is 8.31. The maximum atomic E-state index is 10.2. The van der Waals surface area contributed by atoms with E-state index in [0.29, 0.717) is 17.9 Å². The van der Waals surface area contributed by atoms with Crippen molar-refractivity contribution in [2.45, 2.75) is 13.0 Å². The first kappa shape index (κ1) is 11.5. The topological polar surface area (TPSA) is 55.2 Å². The molecule has 0 spiro atoms. The van der Waals surface area contributed by atoms with Crippen LogP contribution in [0.5, 0.6) is 5.75 Å². The van der Waals surface area contributed by atoms with Crippen LogP contribution < -0.4 is 4.74 Å². The molecule has 0 fully saturated rings. The van der Waals surface area contributed by atoms with Crippen molar-refractivity contribution < 1.29 is 9.84 Å². The van der Waals surface area contributed by atoms with Gasteiger partial charge in [0.25, 0.3) is 0 Å². The second-order valence-corrected chi connectivity index (χ2v) is 3.57. The minimum Gasteiger partial charge on any atom is -0.492 e. The molecule has 0 aliphatic heterocycles. The van der Waals surface area contributed by atoms with Crippen LogP contribution in [-0.4, -0.2) is 21.7 Å². The third-order valence-corrected chi connectivity index (χ3v) is 2.38. The molecule has 0 saturated carbocycles. The number of aliphatic hydroxyl groups is 1. The highest BCUT2D eigenvalue weighted by atomic mass is 16.5. The Morgan fingerprint density at radius 2 is 1.94 bits per heavy atom. The van der Waals surface area contributed by atoms with Crippen molar-refractivity contribution in [2.24, 2.45) is 0 Å². The van der Waals surface area contributed by atoms with Gasteiger partial charge < -0.3 is 9.84 Å². The lowest BCUT2D eigenvalue weighted by molar-refractivity contribution is 0.219. The van der Waals surface area contributed by atoms with Crippen LogP contribution in [0.4, 0.5) is 0 Å². The molecule has 2 rings (SSSR count). The normalized spacial score (nSPS) is 12.1. The van der Waals surface area contributed by atoms with Crippen LogP contribution in [0.2, 0.25) is 0 Å². The Morgan fingerprint density at radius 3 is 2.65 bits per heavy atom. The summed E-state index contributed by atoms with van der Waals surface area (Å²) in [6.07, 6.45) is 5.86. The molecule has 1 atom stereocenters. The van der Waals surface area contributed by atoms with Gasteiger partial charge in [0.15, 0.2) is 0 Å². The molecule has 2 aromatic heterocycles. The van der Waals surface area contributed by atoms with Crippen molar-refractivity contribution in [3.8, 4) is 5.75 Å². The number of hydrogen-bond acceptors (Lipinski definition) is 4. The lowest BCUT2D eigenvalue weighted by atomic mass is 10.0. The van der Waals surface area contributed by atoms with Gasteiger partial charge in [0.05, 0.1) is 12.8 Å². The maximum absolute atomic E-state index is 10.2. The van der Waals surface area contributed by atoms with E-state index in [4.69, 9.17) is 4.74 Å². The third kappa shape index (κ3) is 2.79. The Bertz CT molecular complexity index is 474. The van der Waals surface area contributed by atoms with Crippen LogP contribution in [0.3, 0.4) is 0 Å². The van der Waals surface area contributed by atoms with Gasteiger partial charge in [-0.05, 0) is 30.7 Å². The molecule has 0 aromatic carbocycles. The molecule has 1 N–H and O–H groups in total. The zero-order valence-electron chi connectivity index (χ0n) is 9.58. The number of rotatable bonds is 4. The van der Waals surface area contributed by atoms with Gasteiger partial charge in [-0.25, -0.2) is 0 Å². The molecule has 4 heteroatoms.